The number of rotatable bonds is 6. The van der Waals surface area contributed by atoms with Crippen molar-refractivity contribution in [3.8, 4) is 0 Å². The number of piperazine rings is 1. The van der Waals surface area contributed by atoms with E-state index in [1.807, 2.05) is 35.2 Å². The van der Waals surface area contributed by atoms with E-state index in [0.717, 1.165) is 17.7 Å². The maximum absolute atomic E-state index is 13.1. The van der Waals surface area contributed by atoms with Crippen LogP contribution in [0.25, 0.3) is 5.57 Å². The van der Waals surface area contributed by atoms with Gasteiger partial charge in [0.05, 0.1) is 19.2 Å². The predicted octanol–water partition coefficient (Wildman–Crippen LogP) is 4.26. The second-order valence-corrected chi connectivity index (χ2v) is 8.22. The topological polar surface area (TPSA) is 75.9 Å². The second-order valence-electron chi connectivity index (χ2n) is 8.22. The summed E-state index contributed by atoms with van der Waals surface area (Å²) in [5, 5.41) is 0. The fourth-order valence-electron chi connectivity index (χ4n) is 3.90. The highest BCUT2D eigenvalue weighted by Gasteiger charge is 2.30. The summed E-state index contributed by atoms with van der Waals surface area (Å²) in [7, 11) is 1.27. The Balaban J connectivity index is 1.45. The fourth-order valence-corrected chi connectivity index (χ4v) is 3.90. The molecule has 1 saturated heterocycles. The van der Waals surface area contributed by atoms with Gasteiger partial charge in [0, 0.05) is 32.3 Å². The van der Waals surface area contributed by atoms with Crippen molar-refractivity contribution in [3.05, 3.63) is 95.2 Å². The maximum Gasteiger partial charge on any atom is 0.416 e. The number of amides is 1. The van der Waals surface area contributed by atoms with Gasteiger partial charge in [-0.05, 0) is 28.8 Å². The van der Waals surface area contributed by atoms with E-state index in [-0.39, 0.29) is 11.6 Å². The van der Waals surface area contributed by atoms with Gasteiger partial charge in [-0.1, -0.05) is 42.5 Å². The molecular weight excluding hydrogens is 475 g/mol. The number of aromatic nitrogens is 1. The second kappa shape index (κ2) is 10.8. The molecular formula is C26H24F3N3O4. The molecule has 0 saturated carbocycles. The molecule has 0 bridgehead atoms. The molecule has 0 aliphatic carbocycles. The number of hydrogen-bond acceptors (Lipinski definition) is 6. The van der Waals surface area contributed by atoms with Gasteiger partial charge >= 0.3 is 12.1 Å². The number of benzene rings is 2. The van der Waals surface area contributed by atoms with Crippen molar-refractivity contribution in [1.29, 1.82) is 0 Å². The van der Waals surface area contributed by atoms with Crippen LogP contribution in [0.1, 0.15) is 33.1 Å². The first kappa shape index (κ1) is 25.2. The zero-order valence-electron chi connectivity index (χ0n) is 19.5. The summed E-state index contributed by atoms with van der Waals surface area (Å²) >= 11 is 0. The molecule has 0 radical (unpaired) electrons. The van der Waals surface area contributed by atoms with Gasteiger partial charge < -0.3 is 14.1 Å². The van der Waals surface area contributed by atoms with E-state index < -0.39 is 17.7 Å². The number of carbonyl (C=O) groups is 2. The molecule has 4 rings (SSSR count). The van der Waals surface area contributed by atoms with Crippen molar-refractivity contribution in [2.24, 2.45) is 0 Å². The van der Waals surface area contributed by atoms with Crippen molar-refractivity contribution in [2.75, 3.05) is 33.3 Å². The van der Waals surface area contributed by atoms with Gasteiger partial charge in [-0.3, -0.25) is 9.69 Å². The number of hydrogen-bond donors (Lipinski definition) is 0. The summed E-state index contributed by atoms with van der Waals surface area (Å²) in [5.41, 5.74) is 1.15. The SMILES string of the molecule is COC(=O)c1coc(CN2CCN(C(=O)C=C(c3ccccc3)c3ccc(C(F)(F)F)cc3)CC2)n1. The molecule has 1 aliphatic rings. The molecule has 1 amide bonds. The normalized spacial score (nSPS) is 15.1. The number of halogens is 3. The molecule has 10 heteroatoms. The van der Waals surface area contributed by atoms with Gasteiger partial charge in [0.1, 0.15) is 6.26 Å². The molecule has 7 nitrogen and oxygen atoms in total. The Labute approximate surface area is 205 Å². The van der Waals surface area contributed by atoms with Gasteiger partial charge in [0.25, 0.3) is 0 Å². The highest BCUT2D eigenvalue weighted by atomic mass is 19.4. The number of methoxy groups -OCH3 is 1. The number of carbonyl (C=O) groups excluding carboxylic acids is 2. The van der Waals surface area contributed by atoms with Crippen LogP contribution >= 0.6 is 0 Å². The molecule has 1 aliphatic heterocycles. The van der Waals surface area contributed by atoms with Crippen molar-refractivity contribution in [1.82, 2.24) is 14.8 Å². The Hall–Kier alpha value is -3.92. The number of oxazole rings is 1. The van der Waals surface area contributed by atoms with E-state index in [2.05, 4.69) is 9.72 Å². The first-order valence-corrected chi connectivity index (χ1v) is 11.2. The van der Waals surface area contributed by atoms with E-state index in [0.29, 0.717) is 49.8 Å². The van der Waals surface area contributed by atoms with Crippen LogP contribution in [0.3, 0.4) is 0 Å². The lowest BCUT2D eigenvalue weighted by Crippen LogP contribution is -2.47. The lowest BCUT2D eigenvalue weighted by molar-refractivity contribution is -0.137. The molecule has 1 aromatic heterocycles. The van der Waals surface area contributed by atoms with E-state index in [1.54, 1.807) is 4.90 Å². The van der Waals surface area contributed by atoms with Crippen LogP contribution in [0.5, 0.6) is 0 Å². The third-order valence-electron chi connectivity index (χ3n) is 5.86. The van der Waals surface area contributed by atoms with E-state index in [1.165, 1.54) is 31.6 Å². The minimum absolute atomic E-state index is 0.100. The molecule has 1 fully saturated rings. The van der Waals surface area contributed by atoms with Crippen LogP contribution in [-0.2, 0) is 22.3 Å². The number of ether oxygens (including phenoxy) is 1. The Morgan fingerprint density at radius 2 is 1.64 bits per heavy atom. The van der Waals surface area contributed by atoms with E-state index in [4.69, 9.17) is 4.42 Å². The molecule has 0 N–H and O–H groups in total. The van der Waals surface area contributed by atoms with Crippen molar-refractivity contribution >= 4 is 17.4 Å². The van der Waals surface area contributed by atoms with Gasteiger partial charge in [-0.15, -0.1) is 0 Å². The highest BCUT2D eigenvalue weighted by molar-refractivity contribution is 5.99. The average Bonchev–Trinajstić information content (AvgIpc) is 3.35. The smallest absolute Gasteiger partial charge is 0.416 e. The van der Waals surface area contributed by atoms with Crippen molar-refractivity contribution < 1.29 is 31.9 Å². The zero-order valence-corrected chi connectivity index (χ0v) is 19.5. The van der Waals surface area contributed by atoms with Gasteiger partial charge in [0.2, 0.25) is 11.8 Å². The molecule has 36 heavy (non-hydrogen) atoms. The van der Waals surface area contributed by atoms with Crippen molar-refractivity contribution in [3.63, 3.8) is 0 Å². The monoisotopic (exact) mass is 499 g/mol. The van der Waals surface area contributed by atoms with Crippen LogP contribution in [0.4, 0.5) is 13.2 Å². The minimum Gasteiger partial charge on any atom is -0.464 e. The number of esters is 1. The van der Waals surface area contributed by atoms with Crippen LogP contribution < -0.4 is 0 Å². The lowest BCUT2D eigenvalue weighted by Gasteiger charge is -2.33. The van der Waals surface area contributed by atoms with Crippen LogP contribution in [0.2, 0.25) is 0 Å². The Bertz CT molecular complexity index is 1230. The minimum atomic E-state index is -4.43. The standard InChI is InChI=1S/C26H24F3N3O4/c1-35-25(34)22-17-36-23(30-22)16-31-11-13-32(14-12-31)24(33)15-21(18-5-3-2-4-6-18)19-7-9-20(10-8-19)26(27,28)29/h2-10,15,17H,11-14,16H2,1H3. The summed E-state index contributed by atoms with van der Waals surface area (Å²) < 4.78 is 49.0. The zero-order chi connectivity index (χ0) is 25.7. The summed E-state index contributed by atoms with van der Waals surface area (Å²) in [6.45, 7) is 2.42. The molecule has 2 heterocycles. The maximum atomic E-state index is 13.1. The fraction of sp³-hybridized carbons (Fsp3) is 0.269. The third kappa shape index (κ3) is 6.01. The largest absolute Gasteiger partial charge is 0.464 e. The molecule has 3 aromatic rings. The molecule has 0 unspecified atom stereocenters. The quantitative estimate of drug-likeness (QED) is 0.373. The molecule has 0 atom stereocenters. The summed E-state index contributed by atoms with van der Waals surface area (Å²) in [4.78, 5) is 32.5. The predicted molar refractivity (Wildman–Crippen MR) is 125 cm³/mol. The Morgan fingerprint density at radius 3 is 2.25 bits per heavy atom. The molecule has 2 aromatic carbocycles. The average molecular weight is 499 g/mol. The van der Waals surface area contributed by atoms with Crippen LogP contribution in [0.15, 0.2) is 71.4 Å². The molecule has 188 valence electrons. The number of nitrogens with zero attached hydrogens (tertiary/aromatic N) is 3. The summed E-state index contributed by atoms with van der Waals surface area (Å²) in [6, 6.07) is 13.9. The van der Waals surface area contributed by atoms with E-state index >= 15 is 0 Å². The first-order valence-electron chi connectivity index (χ1n) is 11.2. The summed E-state index contributed by atoms with van der Waals surface area (Å²) in [5.74, 6) is -0.421. The van der Waals surface area contributed by atoms with E-state index in [9.17, 15) is 22.8 Å². The lowest BCUT2D eigenvalue weighted by atomic mass is 9.96. The highest BCUT2D eigenvalue weighted by Crippen LogP contribution is 2.31. The van der Waals surface area contributed by atoms with Gasteiger partial charge in [-0.2, -0.15) is 13.2 Å². The number of alkyl halides is 3. The van der Waals surface area contributed by atoms with Gasteiger partial charge in [0.15, 0.2) is 5.69 Å². The Morgan fingerprint density at radius 1 is 1.00 bits per heavy atom. The molecule has 0 spiro atoms. The van der Waals surface area contributed by atoms with Crippen LogP contribution in [-0.4, -0.2) is 59.9 Å². The van der Waals surface area contributed by atoms with Gasteiger partial charge in [-0.25, -0.2) is 9.78 Å². The van der Waals surface area contributed by atoms with Crippen LogP contribution in [0, 0.1) is 0 Å². The third-order valence-corrected chi connectivity index (χ3v) is 5.86. The first-order chi connectivity index (χ1) is 17.2. The Kier molecular flexibility index (Phi) is 7.54. The van der Waals surface area contributed by atoms with Crippen molar-refractivity contribution in [2.45, 2.75) is 12.7 Å². The summed E-state index contributed by atoms with van der Waals surface area (Å²) in [6.07, 6.45) is -1.71.